The van der Waals surface area contributed by atoms with E-state index in [4.69, 9.17) is 11.6 Å². The summed E-state index contributed by atoms with van der Waals surface area (Å²) in [6.07, 6.45) is 2.70. The number of carbonyl (C=O) groups is 1. The van der Waals surface area contributed by atoms with Crippen LogP contribution < -0.4 is 15.8 Å². The standard InChI is InChI=1S/C20H16ClFN4O3/c1-25-6-7-26-18(25)17(24-16-4-5-23-10-14(16)20(28)29)9-13(19(26)27)12-8-11(21)2-3-15(12)22/h2-5,8-10H,6-7H2,1H3,(H,23,24)(H,28,29). The number of halogens is 2. The predicted octanol–water partition coefficient (Wildman–Crippen LogP) is 3.59. The Bertz CT molecular complexity index is 1190. The van der Waals surface area contributed by atoms with E-state index >= 15 is 0 Å². The Labute approximate surface area is 170 Å². The molecule has 0 atom stereocenters. The van der Waals surface area contributed by atoms with Gasteiger partial charge in [0.25, 0.3) is 5.56 Å². The first-order valence-electron chi connectivity index (χ1n) is 8.75. The number of anilines is 3. The Morgan fingerprint density at radius 1 is 1.21 bits per heavy atom. The van der Waals surface area contributed by atoms with Gasteiger partial charge in [0.05, 0.1) is 16.9 Å². The normalized spacial score (nSPS) is 12.7. The topological polar surface area (TPSA) is 87.5 Å². The zero-order valence-electron chi connectivity index (χ0n) is 15.3. The molecule has 3 heterocycles. The molecule has 2 N–H and O–H groups in total. The number of nitrogens with zero attached hydrogens (tertiary/aromatic N) is 3. The van der Waals surface area contributed by atoms with Gasteiger partial charge in [0.15, 0.2) is 0 Å². The Balaban J connectivity index is 1.93. The van der Waals surface area contributed by atoms with Gasteiger partial charge in [0.1, 0.15) is 17.2 Å². The second kappa shape index (κ2) is 7.21. The summed E-state index contributed by atoms with van der Waals surface area (Å²) in [6.45, 7) is 1.02. The summed E-state index contributed by atoms with van der Waals surface area (Å²) in [4.78, 5) is 30.3. The molecule has 0 spiro atoms. The molecule has 7 nitrogen and oxygen atoms in total. The number of nitrogens with one attached hydrogen (secondary N) is 1. The molecule has 0 radical (unpaired) electrons. The fraction of sp³-hybridized carbons (Fsp3) is 0.150. The molecular formula is C20H16ClFN4O3. The van der Waals surface area contributed by atoms with Crippen LogP contribution in [0.3, 0.4) is 0 Å². The largest absolute Gasteiger partial charge is 0.478 e. The van der Waals surface area contributed by atoms with Crippen molar-refractivity contribution in [1.29, 1.82) is 0 Å². The number of rotatable bonds is 4. The van der Waals surface area contributed by atoms with Crippen molar-refractivity contribution in [1.82, 2.24) is 9.55 Å². The molecule has 1 aromatic carbocycles. The summed E-state index contributed by atoms with van der Waals surface area (Å²) >= 11 is 6.01. The number of likely N-dealkylation sites (N-methyl/N-ethyl adjacent to an activating group) is 1. The lowest BCUT2D eigenvalue weighted by molar-refractivity contribution is 0.0697. The molecule has 29 heavy (non-hydrogen) atoms. The third kappa shape index (κ3) is 3.31. The molecule has 0 amide bonds. The van der Waals surface area contributed by atoms with Crippen molar-refractivity contribution >= 4 is 34.8 Å². The first kappa shape index (κ1) is 18.9. The zero-order chi connectivity index (χ0) is 20.7. The van der Waals surface area contributed by atoms with Gasteiger partial charge in [0, 0.05) is 43.1 Å². The van der Waals surface area contributed by atoms with E-state index in [-0.39, 0.29) is 22.2 Å². The van der Waals surface area contributed by atoms with Gasteiger partial charge in [-0.15, -0.1) is 0 Å². The molecule has 0 saturated heterocycles. The van der Waals surface area contributed by atoms with Gasteiger partial charge in [0.2, 0.25) is 0 Å². The fourth-order valence-corrected chi connectivity index (χ4v) is 3.61. The number of aromatic nitrogens is 2. The highest BCUT2D eigenvalue weighted by molar-refractivity contribution is 6.30. The van der Waals surface area contributed by atoms with E-state index in [1.807, 2.05) is 11.9 Å². The van der Waals surface area contributed by atoms with Crippen LogP contribution in [0.4, 0.5) is 21.6 Å². The molecule has 3 aromatic rings. The van der Waals surface area contributed by atoms with Crippen LogP contribution in [0.15, 0.2) is 47.5 Å². The van der Waals surface area contributed by atoms with Crippen molar-refractivity contribution in [2.75, 3.05) is 23.8 Å². The van der Waals surface area contributed by atoms with Crippen LogP contribution in [0.1, 0.15) is 10.4 Å². The van der Waals surface area contributed by atoms with E-state index in [2.05, 4.69) is 10.3 Å². The Kier molecular flexibility index (Phi) is 4.71. The minimum Gasteiger partial charge on any atom is -0.478 e. The van der Waals surface area contributed by atoms with E-state index in [1.165, 1.54) is 42.7 Å². The van der Waals surface area contributed by atoms with Gasteiger partial charge in [-0.25, -0.2) is 9.18 Å². The second-order valence-electron chi connectivity index (χ2n) is 6.65. The van der Waals surface area contributed by atoms with E-state index in [0.717, 1.165) is 0 Å². The molecule has 1 aliphatic rings. The van der Waals surface area contributed by atoms with Crippen molar-refractivity contribution in [2.45, 2.75) is 6.54 Å². The Morgan fingerprint density at radius 3 is 2.76 bits per heavy atom. The maximum absolute atomic E-state index is 14.5. The van der Waals surface area contributed by atoms with Gasteiger partial charge < -0.3 is 15.3 Å². The highest BCUT2D eigenvalue weighted by Gasteiger charge is 2.25. The Morgan fingerprint density at radius 2 is 2.00 bits per heavy atom. The minimum atomic E-state index is -1.14. The maximum atomic E-state index is 14.5. The van der Waals surface area contributed by atoms with Gasteiger partial charge in [-0.05, 0) is 30.3 Å². The van der Waals surface area contributed by atoms with Crippen LogP contribution in [0.25, 0.3) is 11.1 Å². The molecule has 0 aliphatic carbocycles. The number of hydrogen-bond donors (Lipinski definition) is 2. The highest BCUT2D eigenvalue weighted by Crippen LogP contribution is 2.35. The van der Waals surface area contributed by atoms with Crippen molar-refractivity contribution < 1.29 is 14.3 Å². The molecular weight excluding hydrogens is 399 g/mol. The van der Waals surface area contributed by atoms with Crippen LogP contribution in [-0.4, -0.2) is 34.2 Å². The lowest BCUT2D eigenvalue weighted by atomic mass is 10.1. The number of carboxylic acid groups (broad SMARTS) is 1. The van der Waals surface area contributed by atoms with E-state index in [0.29, 0.717) is 35.3 Å². The number of benzene rings is 1. The molecule has 2 aromatic heterocycles. The van der Waals surface area contributed by atoms with E-state index in [9.17, 15) is 19.1 Å². The number of pyridine rings is 2. The monoisotopic (exact) mass is 414 g/mol. The van der Waals surface area contributed by atoms with Gasteiger partial charge in [-0.1, -0.05) is 11.6 Å². The SMILES string of the molecule is CN1CCn2c1c(Nc1ccncc1C(=O)O)cc(-c1cc(Cl)ccc1F)c2=O. The number of carboxylic acids is 1. The smallest absolute Gasteiger partial charge is 0.339 e. The van der Waals surface area contributed by atoms with Crippen molar-refractivity contribution in [3.05, 3.63) is 69.5 Å². The molecule has 0 unspecified atom stereocenters. The lowest BCUT2D eigenvalue weighted by Crippen LogP contribution is -2.22. The van der Waals surface area contributed by atoms with Crippen molar-refractivity contribution in [3.63, 3.8) is 0 Å². The predicted molar refractivity (Wildman–Crippen MR) is 109 cm³/mol. The van der Waals surface area contributed by atoms with Crippen LogP contribution in [0.2, 0.25) is 5.02 Å². The summed E-state index contributed by atoms with van der Waals surface area (Å²) in [7, 11) is 1.83. The van der Waals surface area contributed by atoms with Crippen LogP contribution in [-0.2, 0) is 6.54 Å². The zero-order valence-corrected chi connectivity index (χ0v) is 16.1. The van der Waals surface area contributed by atoms with E-state index < -0.39 is 11.8 Å². The van der Waals surface area contributed by atoms with E-state index in [1.54, 1.807) is 4.57 Å². The molecule has 0 bridgehead atoms. The number of fused-ring (bicyclic) bond motifs is 1. The molecule has 4 rings (SSSR count). The molecule has 9 heteroatoms. The molecule has 0 fully saturated rings. The molecule has 148 valence electrons. The first-order chi connectivity index (χ1) is 13.9. The number of hydrogen-bond acceptors (Lipinski definition) is 5. The Hall–Kier alpha value is -3.39. The summed E-state index contributed by atoms with van der Waals surface area (Å²) < 4.78 is 16.0. The second-order valence-corrected chi connectivity index (χ2v) is 7.09. The third-order valence-corrected chi connectivity index (χ3v) is 5.06. The third-order valence-electron chi connectivity index (χ3n) is 4.82. The molecule has 0 saturated carbocycles. The fourth-order valence-electron chi connectivity index (χ4n) is 3.44. The summed E-state index contributed by atoms with van der Waals surface area (Å²) in [5, 5.41) is 12.8. The summed E-state index contributed by atoms with van der Waals surface area (Å²) in [6, 6.07) is 7.07. The first-order valence-corrected chi connectivity index (χ1v) is 9.13. The maximum Gasteiger partial charge on any atom is 0.339 e. The minimum absolute atomic E-state index is 0.0198. The number of aromatic carboxylic acids is 1. The van der Waals surface area contributed by atoms with Crippen molar-refractivity contribution in [2.24, 2.45) is 0 Å². The lowest BCUT2D eigenvalue weighted by Gasteiger charge is -2.20. The van der Waals surface area contributed by atoms with Crippen LogP contribution in [0.5, 0.6) is 0 Å². The van der Waals surface area contributed by atoms with Gasteiger partial charge >= 0.3 is 5.97 Å². The van der Waals surface area contributed by atoms with Gasteiger partial charge in [-0.2, -0.15) is 0 Å². The van der Waals surface area contributed by atoms with Crippen molar-refractivity contribution in [3.8, 4) is 11.1 Å². The summed E-state index contributed by atoms with van der Waals surface area (Å²) in [5.74, 6) is -1.12. The quantitative estimate of drug-likeness (QED) is 0.678. The van der Waals surface area contributed by atoms with Gasteiger partial charge in [-0.3, -0.25) is 14.3 Å². The average molecular weight is 415 g/mol. The van der Waals surface area contributed by atoms with Crippen LogP contribution >= 0.6 is 11.6 Å². The average Bonchev–Trinajstić information content (AvgIpc) is 3.09. The van der Waals surface area contributed by atoms with Crippen LogP contribution in [0, 0.1) is 5.82 Å². The summed E-state index contributed by atoms with van der Waals surface area (Å²) in [5.41, 5.74) is 0.651. The molecule has 1 aliphatic heterocycles. The highest BCUT2D eigenvalue weighted by atomic mass is 35.5.